The zero-order chi connectivity index (χ0) is 17.8. The van der Waals surface area contributed by atoms with Crippen LogP contribution in [0, 0.1) is 0 Å². The summed E-state index contributed by atoms with van der Waals surface area (Å²) in [5, 5.41) is 3.05. The number of hydrogen-bond donors (Lipinski definition) is 1. The Morgan fingerprint density at radius 2 is 2.27 bits per heavy atom. The second kappa shape index (κ2) is 7.86. The molecule has 2 aliphatic rings. The van der Waals surface area contributed by atoms with E-state index in [2.05, 4.69) is 25.2 Å². The molecular weight excluding hydrogens is 334 g/mol. The van der Waals surface area contributed by atoms with Crippen molar-refractivity contribution in [2.75, 3.05) is 26.3 Å². The fraction of sp³-hybridized carbons (Fsp3) is 0.444. The van der Waals surface area contributed by atoms with Gasteiger partial charge in [0.25, 0.3) is 5.91 Å². The van der Waals surface area contributed by atoms with Crippen molar-refractivity contribution >= 4 is 5.91 Å². The highest BCUT2D eigenvalue weighted by molar-refractivity contribution is 5.92. The number of aromatic nitrogens is 3. The maximum absolute atomic E-state index is 12.5. The minimum Gasteiger partial charge on any atom is -0.378 e. The molecular formula is C18H21N5O3. The van der Waals surface area contributed by atoms with E-state index in [4.69, 9.17) is 9.47 Å². The maximum Gasteiger partial charge on any atom is 0.271 e. The number of ether oxygens (including phenoxy) is 2. The minimum atomic E-state index is -0.240. The first-order chi connectivity index (χ1) is 12.8. The first-order valence-electron chi connectivity index (χ1n) is 8.71. The number of hydrogen-bond acceptors (Lipinski definition) is 7. The molecule has 0 unspecified atom stereocenters. The number of pyridine rings is 1. The molecule has 136 valence electrons. The third-order valence-electron chi connectivity index (χ3n) is 4.75. The van der Waals surface area contributed by atoms with Crippen LogP contribution >= 0.6 is 0 Å². The fourth-order valence-corrected chi connectivity index (χ4v) is 3.49. The van der Waals surface area contributed by atoms with Crippen molar-refractivity contribution in [1.29, 1.82) is 0 Å². The Bertz CT molecular complexity index is 730. The van der Waals surface area contributed by atoms with Gasteiger partial charge in [-0.25, -0.2) is 4.98 Å². The van der Waals surface area contributed by atoms with E-state index in [-0.39, 0.29) is 24.1 Å². The van der Waals surface area contributed by atoms with E-state index >= 15 is 0 Å². The van der Waals surface area contributed by atoms with Crippen LogP contribution in [0.2, 0.25) is 0 Å². The average Bonchev–Trinajstić information content (AvgIpc) is 3.05. The maximum atomic E-state index is 12.5. The standard InChI is InChI=1S/C18H21N5O3/c24-18(14-9-19-5-6-21-14)22-15-10-23-7-8-25-12-16(23)17(15)26-11-13-3-1-2-4-20-13/h1-6,9,15-17H,7-8,10-12H2,(H,22,24)/t15-,16-,17+/m1/s1. The van der Waals surface area contributed by atoms with Crippen LogP contribution in [0.25, 0.3) is 0 Å². The van der Waals surface area contributed by atoms with Crippen LogP contribution < -0.4 is 5.32 Å². The molecule has 2 aliphatic heterocycles. The van der Waals surface area contributed by atoms with Crippen LogP contribution in [0.5, 0.6) is 0 Å². The van der Waals surface area contributed by atoms with Gasteiger partial charge in [-0.1, -0.05) is 6.07 Å². The molecule has 4 heterocycles. The molecule has 0 bridgehead atoms. The fourth-order valence-electron chi connectivity index (χ4n) is 3.49. The van der Waals surface area contributed by atoms with E-state index in [0.29, 0.717) is 25.5 Å². The van der Waals surface area contributed by atoms with E-state index in [1.165, 1.54) is 12.4 Å². The highest BCUT2D eigenvalue weighted by Gasteiger charge is 2.44. The average molecular weight is 355 g/mol. The van der Waals surface area contributed by atoms with Crippen molar-refractivity contribution in [3.05, 3.63) is 54.4 Å². The Balaban J connectivity index is 1.46. The Morgan fingerprint density at radius 3 is 3.08 bits per heavy atom. The first-order valence-corrected chi connectivity index (χ1v) is 8.71. The number of carbonyl (C=O) groups excluding carboxylic acids is 1. The van der Waals surface area contributed by atoms with Gasteiger partial charge in [0.1, 0.15) is 5.69 Å². The molecule has 1 N–H and O–H groups in total. The largest absolute Gasteiger partial charge is 0.378 e. The molecule has 2 saturated heterocycles. The zero-order valence-corrected chi connectivity index (χ0v) is 14.3. The van der Waals surface area contributed by atoms with Crippen molar-refractivity contribution in [2.24, 2.45) is 0 Å². The van der Waals surface area contributed by atoms with Gasteiger partial charge in [0.15, 0.2) is 0 Å². The van der Waals surface area contributed by atoms with Gasteiger partial charge in [0.2, 0.25) is 0 Å². The lowest BCUT2D eigenvalue weighted by Gasteiger charge is -2.32. The van der Waals surface area contributed by atoms with Crippen molar-refractivity contribution in [2.45, 2.75) is 24.8 Å². The lowest BCUT2D eigenvalue weighted by molar-refractivity contribution is -0.0537. The van der Waals surface area contributed by atoms with Gasteiger partial charge < -0.3 is 14.8 Å². The molecule has 1 amide bonds. The minimum absolute atomic E-state index is 0.125. The van der Waals surface area contributed by atoms with E-state index in [0.717, 1.165) is 18.8 Å². The monoisotopic (exact) mass is 355 g/mol. The summed E-state index contributed by atoms with van der Waals surface area (Å²) in [5.74, 6) is -0.240. The number of rotatable bonds is 5. The molecule has 26 heavy (non-hydrogen) atoms. The van der Waals surface area contributed by atoms with Crippen LogP contribution in [0.1, 0.15) is 16.2 Å². The number of fused-ring (bicyclic) bond motifs is 1. The number of carbonyl (C=O) groups is 1. The van der Waals surface area contributed by atoms with Crippen molar-refractivity contribution in [3.8, 4) is 0 Å². The summed E-state index contributed by atoms with van der Waals surface area (Å²) in [6.07, 6.45) is 6.09. The third kappa shape index (κ3) is 3.72. The van der Waals surface area contributed by atoms with Crippen LogP contribution in [0.4, 0.5) is 0 Å². The van der Waals surface area contributed by atoms with Gasteiger partial charge in [-0.2, -0.15) is 0 Å². The number of nitrogens with one attached hydrogen (secondary N) is 1. The normalized spacial score (nSPS) is 25.6. The van der Waals surface area contributed by atoms with Crippen molar-refractivity contribution < 1.29 is 14.3 Å². The molecule has 0 radical (unpaired) electrons. The molecule has 2 fully saturated rings. The van der Waals surface area contributed by atoms with Crippen molar-refractivity contribution in [1.82, 2.24) is 25.2 Å². The summed E-state index contributed by atoms with van der Waals surface area (Å²) in [6, 6.07) is 5.72. The summed E-state index contributed by atoms with van der Waals surface area (Å²) < 4.78 is 11.8. The molecule has 0 saturated carbocycles. The summed E-state index contributed by atoms with van der Waals surface area (Å²) in [6.45, 7) is 3.27. The molecule has 0 aromatic carbocycles. The smallest absolute Gasteiger partial charge is 0.271 e. The lowest BCUT2D eigenvalue weighted by Crippen LogP contribution is -2.48. The molecule has 0 spiro atoms. The van der Waals surface area contributed by atoms with Crippen LogP contribution in [-0.2, 0) is 16.1 Å². The highest BCUT2D eigenvalue weighted by Crippen LogP contribution is 2.25. The lowest BCUT2D eigenvalue weighted by atomic mass is 10.1. The van der Waals surface area contributed by atoms with Crippen LogP contribution in [0.15, 0.2) is 43.0 Å². The molecule has 2 aromatic heterocycles. The summed E-state index contributed by atoms with van der Waals surface area (Å²) >= 11 is 0. The van der Waals surface area contributed by atoms with E-state index in [9.17, 15) is 4.79 Å². The van der Waals surface area contributed by atoms with Gasteiger partial charge in [-0.05, 0) is 12.1 Å². The summed E-state index contributed by atoms with van der Waals surface area (Å²) in [4.78, 5) is 27.1. The van der Waals surface area contributed by atoms with E-state index < -0.39 is 0 Å². The number of nitrogens with zero attached hydrogens (tertiary/aromatic N) is 4. The second-order valence-corrected chi connectivity index (χ2v) is 6.40. The summed E-state index contributed by atoms with van der Waals surface area (Å²) in [5.41, 5.74) is 1.17. The highest BCUT2D eigenvalue weighted by atomic mass is 16.5. The Labute approximate surface area is 151 Å². The molecule has 8 heteroatoms. The van der Waals surface area contributed by atoms with Gasteiger partial charge in [-0.15, -0.1) is 0 Å². The third-order valence-corrected chi connectivity index (χ3v) is 4.75. The van der Waals surface area contributed by atoms with Crippen LogP contribution in [-0.4, -0.2) is 70.2 Å². The molecule has 8 nitrogen and oxygen atoms in total. The van der Waals surface area contributed by atoms with Gasteiger partial charge in [-0.3, -0.25) is 19.7 Å². The van der Waals surface area contributed by atoms with Gasteiger partial charge >= 0.3 is 0 Å². The van der Waals surface area contributed by atoms with Gasteiger partial charge in [0, 0.05) is 31.7 Å². The second-order valence-electron chi connectivity index (χ2n) is 6.40. The number of amides is 1. The number of morpholine rings is 1. The molecule has 0 aliphatic carbocycles. The van der Waals surface area contributed by atoms with E-state index in [1.807, 2.05) is 18.2 Å². The predicted octanol–water partition coefficient (Wildman–Crippen LogP) is 0.270. The van der Waals surface area contributed by atoms with E-state index in [1.54, 1.807) is 12.4 Å². The molecule has 2 aromatic rings. The van der Waals surface area contributed by atoms with Crippen LogP contribution in [0.3, 0.4) is 0 Å². The van der Waals surface area contributed by atoms with Crippen molar-refractivity contribution in [3.63, 3.8) is 0 Å². The first kappa shape index (κ1) is 17.0. The molecule has 4 rings (SSSR count). The Kier molecular flexibility index (Phi) is 5.14. The Morgan fingerprint density at radius 1 is 1.31 bits per heavy atom. The Hall–Kier alpha value is -2.42. The summed E-state index contributed by atoms with van der Waals surface area (Å²) in [7, 11) is 0. The quantitative estimate of drug-likeness (QED) is 0.823. The predicted molar refractivity (Wildman–Crippen MR) is 92.3 cm³/mol. The topological polar surface area (TPSA) is 89.5 Å². The molecule has 3 atom stereocenters. The SMILES string of the molecule is O=C(N[C@@H]1CN2CCOC[C@@H]2[C@H]1OCc1ccccn1)c1cnccn1. The zero-order valence-electron chi connectivity index (χ0n) is 14.3. The van der Waals surface area contributed by atoms with Gasteiger partial charge in [0.05, 0.1) is 49.9 Å².